The van der Waals surface area contributed by atoms with Crippen molar-refractivity contribution in [2.45, 2.75) is 26.3 Å². The number of carbonyl (C=O) groups excluding carboxylic acids is 2. The van der Waals surface area contributed by atoms with Gasteiger partial charge in [-0.15, -0.1) is 0 Å². The second-order valence-electron chi connectivity index (χ2n) is 5.57. The average Bonchev–Trinajstić information content (AvgIpc) is 2.65. The first kappa shape index (κ1) is 11.1. The number of rotatable bonds is 2. The molecule has 0 aromatic carbocycles. The van der Waals surface area contributed by atoms with E-state index >= 15 is 0 Å². The van der Waals surface area contributed by atoms with Crippen molar-refractivity contribution in [2.75, 3.05) is 6.54 Å². The van der Waals surface area contributed by atoms with E-state index in [-0.39, 0.29) is 35.6 Å². The SMILES string of the molecule is CC(N)(C#N)CN1C(=O)C2C(C1=O)C2(C)C. The molecule has 1 aliphatic heterocycles. The molecule has 0 bridgehead atoms. The maximum atomic E-state index is 11.9. The number of nitrogens with two attached hydrogens (primary N) is 1. The summed E-state index contributed by atoms with van der Waals surface area (Å²) >= 11 is 0. The first-order valence-electron chi connectivity index (χ1n) is 5.28. The first-order chi connectivity index (χ1) is 7.22. The van der Waals surface area contributed by atoms with Gasteiger partial charge in [-0.25, -0.2) is 0 Å². The van der Waals surface area contributed by atoms with E-state index in [0.29, 0.717) is 0 Å². The van der Waals surface area contributed by atoms with E-state index in [1.165, 1.54) is 6.92 Å². The average molecular weight is 221 g/mol. The van der Waals surface area contributed by atoms with Crippen LogP contribution in [-0.2, 0) is 9.59 Å². The van der Waals surface area contributed by atoms with Crippen LogP contribution >= 0.6 is 0 Å². The number of fused-ring (bicyclic) bond motifs is 1. The Kier molecular flexibility index (Phi) is 1.96. The summed E-state index contributed by atoms with van der Waals surface area (Å²) in [6.45, 7) is 5.34. The van der Waals surface area contributed by atoms with E-state index in [2.05, 4.69) is 0 Å². The van der Waals surface area contributed by atoms with E-state index in [9.17, 15) is 9.59 Å². The molecule has 5 heteroatoms. The molecule has 0 aromatic heterocycles. The van der Waals surface area contributed by atoms with Gasteiger partial charge in [-0.3, -0.25) is 14.5 Å². The molecule has 0 spiro atoms. The molecule has 1 aliphatic carbocycles. The third-order valence-electron chi connectivity index (χ3n) is 3.63. The van der Waals surface area contributed by atoms with Gasteiger partial charge in [0.15, 0.2) is 0 Å². The number of nitrogens with zero attached hydrogens (tertiary/aromatic N) is 2. The lowest BCUT2D eigenvalue weighted by atomic mass is 10.0. The quantitative estimate of drug-likeness (QED) is 0.658. The summed E-state index contributed by atoms with van der Waals surface area (Å²) in [5.41, 5.74) is 4.27. The smallest absolute Gasteiger partial charge is 0.233 e. The highest BCUT2D eigenvalue weighted by molar-refractivity contribution is 6.10. The van der Waals surface area contributed by atoms with Crippen molar-refractivity contribution in [3.8, 4) is 6.07 Å². The van der Waals surface area contributed by atoms with Gasteiger partial charge in [0.1, 0.15) is 5.54 Å². The molecule has 86 valence electrons. The topological polar surface area (TPSA) is 87.2 Å². The molecule has 16 heavy (non-hydrogen) atoms. The van der Waals surface area contributed by atoms with Crippen molar-refractivity contribution in [1.82, 2.24) is 4.90 Å². The molecule has 2 N–H and O–H groups in total. The van der Waals surface area contributed by atoms with Crippen LogP contribution < -0.4 is 5.73 Å². The molecule has 3 atom stereocenters. The number of piperidine rings is 1. The third kappa shape index (κ3) is 1.26. The van der Waals surface area contributed by atoms with Gasteiger partial charge in [-0.05, 0) is 12.3 Å². The minimum absolute atomic E-state index is 0.00968. The van der Waals surface area contributed by atoms with Crippen LogP contribution in [0, 0.1) is 28.6 Å². The number of nitriles is 1. The summed E-state index contributed by atoms with van der Waals surface area (Å²) in [6.07, 6.45) is 0. The summed E-state index contributed by atoms with van der Waals surface area (Å²) in [4.78, 5) is 25.0. The normalized spacial score (nSPS) is 34.3. The van der Waals surface area contributed by atoms with Crippen molar-refractivity contribution in [3.63, 3.8) is 0 Å². The molecule has 3 unspecified atom stereocenters. The fraction of sp³-hybridized carbons (Fsp3) is 0.727. The van der Waals surface area contributed by atoms with E-state index in [1.54, 1.807) is 0 Å². The van der Waals surface area contributed by atoms with Crippen molar-refractivity contribution in [3.05, 3.63) is 0 Å². The number of likely N-dealkylation sites (tertiary alicyclic amines) is 1. The predicted molar refractivity (Wildman–Crippen MR) is 55.7 cm³/mol. The number of carbonyl (C=O) groups is 2. The van der Waals surface area contributed by atoms with E-state index < -0.39 is 5.54 Å². The zero-order valence-electron chi connectivity index (χ0n) is 9.65. The van der Waals surface area contributed by atoms with Crippen LogP contribution in [0.2, 0.25) is 0 Å². The van der Waals surface area contributed by atoms with Crippen molar-refractivity contribution >= 4 is 11.8 Å². The van der Waals surface area contributed by atoms with Gasteiger partial charge >= 0.3 is 0 Å². The molecule has 1 heterocycles. The molecular formula is C11H15N3O2. The molecule has 1 saturated carbocycles. The van der Waals surface area contributed by atoms with Crippen LogP contribution in [0.15, 0.2) is 0 Å². The molecule has 2 aliphatic rings. The van der Waals surface area contributed by atoms with Gasteiger partial charge in [0.2, 0.25) is 11.8 Å². The van der Waals surface area contributed by atoms with Crippen LogP contribution in [0.4, 0.5) is 0 Å². The third-order valence-corrected chi connectivity index (χ3v) is 3.63. The van der Waals surface area contributed by atoms with Crippen molar-refractivity contribution in [2.24, 2.45) is 23.0 Å². The van der Waals surface area contributed by atoms with Crippen molar-refractivity contribution < 1.29 is 9.59 Å². The fourth-order valence-electron chi connectivity index (χ4n) is 2.52. The zero-order valence-corrected chi connectivity index (χ0v) is 9.65. The molecule has 1 saturated heterocycles. The lowest BCUT2D eigenvalue weighted by Gasteiger charge is -2.25. The van der Waals surface area contributed by atoms with Gasteiger partial charge in [0.05, 0.1) is 24.4 Å². The lowest BCUT2D eigenvalue weighted by Crippen LogP contribution is -2.50. The van der Waals surface area contributed by atoms with Crippen molar-refractivity contribution in [1.29, 1.82) is 5.26 Å². The highest BCUT2D eigenvalue weighted by Crippen LogP contribution is 2.63. The molecule has 0 radical (unpaired) electrons. The molecule has 2 amide bonds. The number of imide groups is 1. The highest BCUT2D eigenvalue weighted by atomic mass is 16.2. The van der Waals surface area contributed by atoms with Gasteiger partial charge < -0.3 is 5.73 Å². The van der Waals surface area contributed by atoms with Crippen LogP contribution in [0.3, 0.4) is 0 Å². The Balaban J connectivity index is 2.16. The lowest BCUT2D eigenvalue weighted by molar-refractivity contribution is -0.143. The van der Waals surface area contributed by atoms with E-state index in [4.69, 9.17) is 11.0 Å². The fourth-order valence-corrected chi connectivity index (χ4v) is 2.52. The summed E-state index contributed by atoms with van der Waals surface area (Å²) < 4.78 is 0. The van der Waals surface area contributed by atoms with E-state index in [1.807, 2.05) is 19.9 Å². The first-order valence-corrected chi connectivity index (χ1v) is 5.28. The summed E-state index contributed by atoms with van der Waals surface area (Å²) in [5.74, 6) is -0.747. The largest absolute Gasteiger partial charge is 0.312 e. The molecule has 0 aromatic rings. The maximum absolute atomic E-state index is 11.9. The summed E-state index contributed by atoms with van der Waals surface area (Å²) in [5, 5.41) is 8.78. The summed E-state index contributed by atoms with van der Waals surface area (Å²) in [7, 11) is 0. The van der Waals surface area contributed by atoms with Crippen LogP contribution in [0.5, 0.6) is 0 Å². The molecule has 2 fully saturated rings. The van der Waals surface area contributed by atoms with Gasteiger partial charge in [0.25, 0.3) is 0 Å². The Morgan fingerprint density at radius 2 is 1.88 bits per heavy atom. The van der Waals surface area contributed by atoms with Crippen LogP contribution in [-0.4, -0.2) is 28.8 Å². The second kappa shape index (κ2) is 2.83. The minimum atomic E-state index is -1.16. The van der Waals surface area contributed by atoms with Crippen LogP contribution in [0.1, 0.15) is 20.8 Å². The van der Waals surface area contributed by atoms with Gasteiger partial charge in [-0.1, -0.05) is 13.8 Å². The maximum Gasteiger partial charge on any atom is 0.233 e. The Hall–Kier alpha value is -1.41. The zero-order chi connectivity index (χ0) is 12.3. The van der Waals surface area contributed by atoms with Crippen LogP contribution in [0.25, 0.3) is 0 Å². The Bertz CT molecular complexity index is 395. The predicted octanol–water partition coefficient (Wildman–Crippen LogP) is -0.132. The van der Waals surface area contributed by atoms with Gasteiger partial charge in [0, 0.05) is 0 Å². The molecular weight excluding hydrogens is 206 g/mol. The number of amides is 2. The monoisotopic (exact) mass is 221 g/mol. The highest BCUT2D eigenvalue weighted by Gasteiger charge is 2.72. The standard InChI is InChI=1S/C11H15N3O2/c1-10(2)6-7(10)9(16)14(8(6)15)5-11(3,13)4-12/h6-7H,5,13H2,1-3H3. The second-order valence-corrected chi connectivity index (χ2v) is 5.57. The number of hydrogen-bond donors (Lipinski definition) is 1. The Morgan fingerprint density at radius 1 is 1.44 bits per heavy atom. The number of hydrogen-bond acceptors (Lipinski definition) is 4. The molecule has 2 rings (SSSR count). The molecule has 5 nitrogen and oxygen atoms in total. The van der Waals surface area contributed by atoms with E-state index in [0.717, 1.165) is 4.90 Å². The minimum Gasteiger partial charge on any atom is -0.312 e. The van der Waals surface area contributed by atoms with Gasteiger partial charge in [-0.2, -0.15) is 5.26 Å². The summed E-state index contributed by atoms with van der Waals surface area (Å²) in [6, 6.07) is 1.89. The Labute approximate surface area is 94.2 Å². The Morgan fingerprint density at radius 3 is 2.25 bits per heavy atom.